The molecular weight excluding hydrogens is 414 g/mol. The third kappa shape index (κ3) is 10.00. The maximum absolute atomic E-state index is 12.4. The zero-order valence-electron chi connectivity index (χ0n) is 20.6. The number of rotatable bonds is 3. The Morgan fingerprint density at radius 2 is 1.70 bits per heavy atom. The van der Waals surface area contributed by atoms with Crippen molar-refractivity contribution in [2.45, 2.75) is 53.0 Å². The van der Waals surface area contributed by atoms with E-state index in [1.165, 1.54) is 50.4 Å². The number of likely N-dealkylation sites (tertiary alicyclic amines) is 1. The predicted molar refractivity (Wildman–Crippen MR) is 136 cm³/mol. The molecular formula is C27H39N3O3. The Morgan fingerprint density at radius 1 is 1.09 bits per heavy atom. The number of benzene rings is 2. The number of fused-ring (bicyclic) bond motifs is 1. The fraction of sp³-hybridized carbons (Fsp3) is 0.444. The second kappa shape index (κ2) is 15.8. The van der Waals surface area contributed by atoms with Crippen LogP contribution in [-0.2, 0) is 22.6 Å². The monoisotopic (exact) mass is 453 g/mol. The van der Waals surface area contributed by atoms with Gasteiger partial charge in [-0.2, -0.15) is 0 Å². The molecule has 2 aromatic rings. The average molecular weight is 454 g/mol. The van der Waals surface area contributed by atoms with Crippen LogP contribution in [-0.4, -0.2) is 50.6 Å². The largest absolute Gasteiger partial charge is 0.384 e. The first-order valence-electron chi connectivity index (χ1n) is 11.5. The molecule has 0 unspecified atom stereocenters. The third-order valence-corrected chi connectivity index (χ3v) is 5.56. The minimum Gasteiger partial charge on any atom is -0.384 e. The van der Waals surface area contributed by atoms with Crippen LogP contribution in [0.15, 0.2) is 36.4 Å². The van der Waals surface area contributed by atoms with Crippen molar-refractivity contribution in [3.8, 4) is 0 Å². The molecule has 0 aliphatic carbocycles. The van der Waals surface area contributed by atoms with Crippen LogP contribution < -0.4 is 10.6 Å². The fourth-order valence-corrected chi connectivity index (χ4v) is 3.75. The topological polar surface area (TPSA) is 78.5 Å². The molecule has 0 spiro atoms. The van der Waals surface area contributed by atoms with Crippen molar-refractivity contribution < 1.29 is 14.4 Å². The maximum atomic E-state index is 12.4. The number of hydrogen-bond acceptors (Lipinski definition) is 5. The summed E-state index contributed by atoms with van der Waals surface area (Å²) in [7, 11) is 2.19. The van der Waals surface area contributed by atoms with E-state index >= 15 is 0 Å². The Labute approximate surface area is 198 Å². The molecule has 1 fully saturated rings. The lowest BCUT2D eigenvalue weighted by molar-refractivity contribution is -0.106. The van der Waals surface area contributed by atoms with E-state index in [4.69, 9.17) is 9.59 Å². The molecule has 6 heteroatoms. The number of anilines is 1. The summed E-state index contributed by atoms with van der Waals surface area (Å²) in [6, 6.07) is 12.3. The summed E-state index contributed by atoms with van der Waals surface area (Å²) in [5.41, 5.74) is 6.55. The van der Waals surface area contributed by atoms with E-state index in [1.807, 2.05) is 31.9 Å². The molecule has 2 aliphatic rings. The van der Waals surface area contributed by atoms with Gasteiger partial charge in [0.15, 0.2) is 0 Å². The van der Waals surface area contributed by atoms with Crippen molar-refractivity contribution in [3.05, 3.63) is 64.2 Å². The molecule has 0 atom stereocenters. The van der Waals surface area contributed by atoms with Gasteiger partial charge in [-0.3, -0.25) is 4.79 Å². The van der Waals surface area contributed by atoms with Crippen LogP contribution in [0.2, 0.25) is 0 Å². The average Bonchev–Trinajstić information content (AvgIpc) is 3.28. The zero-order chi connectivity index (χ0) is 24.6. The number of piperidine rings is 1. The number of aryl methyl sites for hydroxylation is 2. The summed E-state index contributed by atoms with van der Waals surface area (Å²) >= 11 is 0. The number of nitrogens with one attached hydrogen (secondary N) is 2. The minimum absolute atomic E-state index is 0.00965. The van der Waals surface area contributed by atoms with Crippen molar-refractivity contribution >= 4 is 24.7 Å². The van der Waals surface area contributed by atoms with Crippen molar-refractivity contribution in [3.63, 3.8) is 0 Å². The molecule has 4 rings (SSSR count). The normalized spacial score (nSPS) is 13.9. The van der Waals surface area contributed by atoms with Crippen LogP contribution in [0.25, 0.3) is 0 Å². The molecule has 0 saturated carbocycles. The number of hydrogen-bond donors (Lipinski definition) is 2. The second-order valence-corrected chi connectivity index (χ2v) is 8.27. The SMILES string of the molecule is C=O.CC=O.CN1CCCCC1.Cc1ccc(CNC(=O)c2cc3c(cc2C)CCN3)cc1. The predicted octanol–water partition coefficient (Wildman–Crippen LogP) is 4.32. The molecule has 2 aromatic carbocycles. The Balaban J connectivity index is 0.000000377. The van der Waals surface area contributed by atoms with Gasteiger partial charge in [0.25, 0.3) is 5.91 Å². The van der Waals surface area contributed by atoms with Crippen molar-refractivity contribution in [2.24, 2.45) is 0 Å². The van der Waals surface area contributed by atoms with Crippen LogP contribution in [0, 0.1) is 13.8 Å². The molecule has 1 amide bonds. The summed E-state index contributed by atoms with van der Waals surface area (Å²) in [6.07, 6.45) is 6.07. The van der Waals surface area contributed by atoms with Gasteiger partial charge in [-0.25, -0.2) is 0 Å². The molecule has 2 aliphatic heterocycles. The first-order valence-corrected chi connectivity index (χ1v) is 11.5. The Hall–Kier alpha value is -2.99. The van der Waals surface area contributed by atoms with E-state index in [1.54, 1.807) is 0 Å². The lowest BCUT2D eigenvalue weighted by Crippen LogP contribution is -2.24. The Kier molecular flexibility index (Phi) is 13.4. The Bertz CT molecular complexity index is 860. The van der Waals surface area contributed by atoms with E-state index in [0.717, 1.165) is 41.6 Å². The summed E-state index contributed by atoms with van der Waals surface area (Å²) < 4.78 is 0. The number of carbonyl (C=O) groups is 3. The molecule has 33 heavy (non-hydrogen) atoms. The van der Waals surface area contributed by atoms with Crippen LogP contribution in [0.1, 0.15) is 58.8 Å². The smallest absolute Gasteiger partial charge is 0.251 e. The van der Waals surface area contributed by atoms with Crippen molar-refractivity contribution in [1.82, 2.24) is 10.2 Å². The number of carbonyl (C=O) groups excluding carboxylic acids is 3. The van der Waals surface area contributed by atoms with E-state index in [0.29, 0.717) is 6.54 Å². The molecule has 180 valence electrons. The van der Waals surface area contributed by atoms with Gasteiger partial charge < -0.3 is 25.1 Å². The number of amides is 1. The zero-order valence-corrected chi connectivity index (χ0v) is 20.6. The summed E-state index contributed by atoms with van der Waals surface area (Å²) in [5, 5.41) is 6.32. The highest BCUT2D eigenvalue weighted by Gasteiger charge is 2.16. The van der Waals surface area contributed by atoms with Gasteiger partial charge in [-0.1, -0.05) is 42.3 Å². The molecule has 0 radical (unpaired) electrons. The van der Waals surface area contributed by atoms with E-state index in [2.05, 4.69) is 47.7 Å². The van der Waals surface area contributed by atoms with Crippen molar-refractivity contribution in [2.75, 3.05) is 32.0 Å². The molecule has 6 nitrogen and oxygen atoms in total. The van der Waals surface area contributed by atoms with Crippen LogP contribution in [0.5, 0.6) is 0 Å². The first-order chi connectivity index (χ1) is 15.9. The van der Waals surface area contributed by atoms with E-state index < -0.39 is 0 Å². The summed E-state index contributed by atoms with van der Waals surface area (Å²) in [5.74, 6) is -0.00965. The van der Waals surface area contributed by atoms with Gasteiger partial charge in [0.05, 0.1) is 0 Å². The third-order valence-electron chi connectivity index (χ3n) is 5.56. The standard InChI is InChI=1S/C18H20N2O.C6H13N.C2H4O.CH2O/c1-12-3-5-14(6-4-12)11-20-18(21)16-10-17-15(7-8-19-17)9-13(16)2;1-7-5-3-2-4-6-7;1-2-3;1-2/h3-6,9-10,19H,7-8,11H2,1-2H3,(H,20,21);2-6H2,1H3;2H,1H3;1H2. The van der Waals surface area contributed by atoms with Gasteiger partial charge >= 0.3 is 0 Å². The van der Waals surface area contributed by atoms with Crippen LogP contribution in [0.3, 0.4) is 0 Å². The van der Waals surface area contributed by atoms with E-state index in [9.17, 15) is 4.79 Å². The number of aldehydes is 1. The summed E-state index contributed by atoms with van der Waals surface area (Å²) in [4.78, 5) is 31.6. The molecule has 2 N–H and O–H groups in total. The van der Waals surface area contributed by atoms with E-state index in [-0.39, 0.29) is 5.91 Å². The second-order valence-electron chi connectivity index (χ2n) is 8.27. The quantitative estimate of drug-likeness (QED) is 0.677. The highest BCUT2D eigenvalue weighted by atomic mass is 16.1. The highest BCUT2D eigenvalue weighted by molar-refractivity contribution is 5.97. The fourth-order valence-electron chi connectivity index (χ4n) is 3.75. The number of nitrogens with zero attached hydrogens (tertiary/aromatic N) is 1. The maximum Gasteiger partial charge on any atom is 0.251 e. The Morgan fingerprint density at radius 3 is 2.24 bits per heavy atom. The lowest BCUT2D eigenvalue weighted by atomic mass is 10.0. The lowest BCUT2D eigenvalue weighted by Gasteiger charge is -2.20. The van der Waals surface area contributed by atoms with Gasteiger partial charge in [0, 0.05) is 24.3 Å². The molecule has 1 saturated heterocycles. The van der Waals surface area contributed by atoms with Gasteiger partial charge in [0.1, 0.15) is 13.1 Å². The summed E-state index contributed by atoms with van der Waals surface area (Å²) in [6.45, 7) is 11.7. The van der Waals surface area contributed by atoms with Crippen molar-refractivity contribution in [1.29, 1.82) is 0 Å². The molecule has 2 heterocycles. The molecule has 0 bridgehead atoms. The first kappa shape index (κ1) is 28.0. The molecule has 0 aromatic heterocycles. The minimum atomic E-state index is -0.00965. The van der Waals surface area contributed by atoms with Crippen LogP contribution in [0.4, 0.5) is 5.69 Å². The highest BCUT2D eigenvalue weighted by Crippen LogP contribution is 2.26. The van der Waals surface area contributed by atoms with Gasteiger partial charge in [-0.15, -0.1) is 0 Å². The van der Waals surface area contributed by atoms with Gasteiger partial charge in [0.2, 0.25) is 0 Å². The van der Waals surface area contributed by atoms with Crippen LogP contribution >= 0.6 is 0 Å². The van der Waals surface area contributed by atoms with Gasteiger partial charge in [-0.05, 0) is 82.9 Å².